The van der Waals surface area contributed by atoms with Crippen LogP contribution in [-0.4, -0.2) is 65.7 Å². The number of aromatic hydroxyl groups is 1. The Morgan fingerprint density at radius 2 is 1.79 bits per heavy atom. The lowest BCUT2D eigenvalue weighted by Gasteiger charge is -2.29. The van der Waals surface area contributed by atoms with Gasteiger partial charge in [-0.1, -0.05) is 12.1 Å². The number of carbonyl (C=O) groups is 4. The van der Waals surface area contributed by atoms with Gasteiger partial charge in [-0.2, -0.15) is 5.26 Å². The fraction of sp³-hybridized carbons (Fsp3) is 0.500. The number of benzene rings is 1. The highest BCUT2D eigenvalue weighted by Crippen LogP contribution is 2.23. The van der Waals surface area contributed by atoms with Gasteiger partial charge in [0.25, 0.3) is 0 Å². The van der Waals surface area contributed by atoms with Crippen molar-refractivity contribution in [2.45, 2.75) is 45.8 Å². The third kappa shape index (κ3) is 9.90. The minimum absolute atomic E-state index is 0.0446. The number of phenolic OH excluding ortho intramolecular Hbond substituents is 1. The Balaban J connectivity index is 3.05. The van der Waals surface area contributed by atoms with Crippen LogP contribution in [-0.2, 0) is 23.9 Å². The molecule has 0 aliphatic heterocycles. The zero-order chi connectivity index (χ0) is 25.0. The summed E-state index contributed by atoms with van der Waals surface area (Å²) in [6.45, 7) is 5.85. The Hall–Kier alpha value is -3.81. The molecule has 180 valence electrons. The second-order valence-electron chi connectivity index (χ2n) is 7.88. The maximum Gasteiger partial charge on any atom is 0.408 e. The van der Waals surface area contributed by atoms with Crippen molar-refractivity contribution < 1.29 is 33.8 Å². The van der Waals surface area contributed by atoms with Gasteiger partial charge in [-0.3, -0.25) is 14.4 Å². The van der Waals surface area contributed by atoms with Gasteiger partial charge in [-0.25, -0.2) is 4.79 Å². The second-order valence-corrected chi connectivity index (χ2v) is 7.88. The van der Waals surface area contributed by atoms with E-state index in [2.05, 4.69) is 10.6 Å². The summed E-state index contributed by atoms with van der Waals surface area (Å²) in [6.07, 6.45) is -0.901. The molecule has 0 radical (unpaired) electrons. The molecule has 3 N–H and O–H groups in total. The number of nitriles is 1. The summed E-state index contributed by atoms with van der Waals surface area (Å²) < 4.78 is 9.91. The van der Waals surface area contributed by atoms with Gasteiger partial charge in [-0.05, 0) is 45.4 Å². The van der Waals surface area contributed by atoms with E-state index >= 15 is 0 Å². The molecule has 0 saturated heterocycles. The number of carbonyl (C=O) groups excluding carboxylic acids is 4. The molecule has 0 fully saturated rings. The Bertz CT molecular complexity index is 872. The van der Waals surface area contributed by atoms with Crippen LogP contribution in [0.15, 0.2) is 24.3 Å². The zero-order valence-electron chi connectivity index (χ0n) is 19.2. The van der Waals surface area contributed by atoms with E-state index < -0.39 is 48.6 Å². The molecule has 0 aliphatic rings. The molecular weight excluding hydrogens is 432 g/mol. The molecule has 11 heteroatoms. The molecule has 11 nitrogen and oxygen atoms in total. The van der Waals surface area contributed by atoms with E-state index in [0.29, 0.717) is 5.56 Å². The Morgan fingerprint density at radius 1 is 1.15 bits per heavy atom. The first-order valence-electron chi connectivity index (χ1n) is 10.3. The van der Waals surface area contributed by atoms with Gasteiger partial charge in [-0.15, -0.1) is 0 Å². The SMILES string of the molecule is CCOC(=O)CCNC(=O)C(c1ccc(O)cc1)N(CC#N)C(=O)CNC(=O)OC(C)(C)C. The minimum Gasteiger partial charge on any atom is -0.508 e. The number of ether oxygens (including phenoxy) is 2. The normalized spacial score (nSPS) is 11.5. The Morgan fingerprint density at radius 3 is 2.33 bits per heavy atom. The molecule has 33 heavy (non-hydrogen) atoms. The lowest BCUT2D eigenvalue weighted by Crippen LogP contribution is -2.48. The number of esters is 1. The number of phenols is 1. The maximum absolute atomic E-state index is 13.0. The van der Waals surface area contributed by atoms with Crippen LogP contribution in [0.3, 0.4) is 0 Å². The average molecular weight is 463 g/mol. The summed E-state index contributed by atoms with van der Waals surface area (Å²) in [7, 11) is 0. The van der Waals surface area contributed by atoms with Gasteiger partial charge in [0, 0.05) is 6.54 Å². The van der Waals surface area contributed by atoms with Crippen LogP contribution in [0.25, 0.3) is 0 Å². The molecule has 0 saturated carbocycles. The Kier molecular flexibility index (Phi) is 10.6. The number of nitrogens with zero attached hydrogens (tertiary/aromatic N) is 2. The lowest BCUT2D eigenvalue weighted by molar-refractivity contribution is -0.143. The molecule has 0 aliphatic carbocycles. The molecule has 0 heterocycles. The predicted molar refractivity (Wildman–Crippen MR) is 117 cm³/mol. The van der Waals surface area contributed by atoms with Gasteiger partial charge in [0.2, 0.25) is 11.8 Å². The van der Waals surface area contributed by atoms with Crippen molar-refractivity contribution >= 4 is 23.9 Å². The minimum atomic E-state index is -1.25. The van der Waals surface area contributed by atoms with Crippen molar-refractivity contribution in [1.29, 1.82) is 5.26 Å². The fourth-order valence-corrected chi connectivity index (χ4v) is 2.71. The molecule has 1 aromatic rings. The topological polar surface area (TPSA) is 158 Å². The van der Waals surface area contributed by atoms with Crippen LogP contribution in [0, 0.1) is 11.3 Å². The van der Waals surface area contributed by atoms with Crippen LogP contribution < -0.4 is 10.6 Å². The molecule has 0 aromatic heterocycles. The van der Waals surface area contributed by atoms with E-state index in [1.807, 2.05) is 6.07 Å². The van der Waals surface area contributed by atoms with Crippen molar-refractivity contribution in [3.63, 3.8) is 0 Å². The zero-order valence-corrected chi connectivity index (χ0v) is 19.2. The summed E-state index contributed by atoms with van der Waals surface area (Å²) in [5.41, 5.74) is -0.449. The van der Waals surface area contributed by atoms with E-state index in [1.165, 1.54) is 24.3 Å². The van der Waals surface area contributed by atoms with E-state index in [1.54, 1.807) is 27.7 Å². The molecule has 0 bridgehead atoms. The molecule has 3 amide bonds. The largest absolute Gasteiger partial charge is 0.508 e. The quantitative estimate of drug-likeness (QED) is 0.347. The summed E-state index contributed by atoms with van der Waals surface area (Å²) in [5, 5.41) is 23.7. The molecule has 1 aromatic carbocycles. The van der Waals surface area contributed by atoms with Gasteiger partial charge in [0.15, 0.2) is 0 Å². The average Bonchev–Trinajstić information content (AvgIpc) is 2.72. The summed E-state index contributed by atoms with van der Waals surface area (Å²) >= 11 is 0. The second kappa shape index (κ2) is 12.9. The molecule has 1 atom stereocenters. The monoisotopic (exact) mass is 462 g/mol. The first-order valence-corrected chi connectivity index (χ1v) is 10.3. The number of hydrogen-bond donors (Lipinski definition) is 3. The smallest absolute Gasteiger partial charge is 0.408 e. The third-order valence-electron chi connectivity index (χ3n) is 4.05. The van der Waals surface area contributed by atoms with E-state index in [4.69, 9.17) is 9.47 Å². The number of hydrogen-bond acceptors (Lipinski definition) is 8. The summed E-state index contributed by atoms with van der Waals surface area (Å²) in [5.74, 6) is -1.90. The van der Waals surface area contributed by atoms with Crippen LogP contribution in [0.4, 0.5) is 4.79 Å². The predicted octanol–water partition coefficient (Wildman–Crippen LogP) is 1.38. The number of nitrogens with one attached hydrogen (secondary N) is 2. The van der Waals surface area contributed by atoms with Gasteiger partial charge in [0.1, 0.15) is 30.5 Å². The van der Waals surface area contributed by atoms with E-state index in [-0.39, 0.29) is 25.3 Å². The van der Waals surface area contributed by atoms with Crippen molar-refractivity contribution in [3.8, 4) is 11.8 Å². The first-order chi connectivity index (χ1) is 15.5. The first kappa shape index (κ1) is 27.2. The molecule has 1 rings (SSSR count). The maximum atomic E-state index is 13.0. The Labute approximate surface area is 192 Å². The van der Waals surface area contributed by atoms with Crippen molar-refractivity contribution in [1.82, 2.24) is 15.5 Å². The molecule has 0 spiro atoms. The standard InChI is InChI=1S/C22H30N4O7/c1-5-32-18(29)10-12-24-20(30)19(15-6-8-16(27)9-7-15)26(13-11-23)17(28)14-25-21(31)33-22(2,3)4/h6-9,19,27H,5,10,12-14H2,1-4H3,(H,24,30)(H,25,31). The van der Waals surface area contributed by atoms with Crippen LogP contribution in [0.1, 0.15) is 45.7 Å². The number of rotatable bonds is 10. The van der Waals surface area contributed by atoms with Gasteiger partial charge in [0.05, 0.1) is 19.1 Å². The van der Waals surface area contributed by atoms with Crippen LogP contribution >= 0.6 is 0 Å². The fourth-order valence-electron chi connectivity index (χ4n) is 2.71. The van der Waals surface area contributed by atoms with Crippen LogP contribution in [0.5, 0.6) is 5.75 Å². The van der Waals surface area contributed by atoms with Gasteiger partial charge >= 0.3 is 12.1 Å². The molecule has 1 unspecified atom stereocenters. The summed E-state index contributed by atoms with van der Waals surface area (Å²) in [6, 6.07) is 6.13. The molecular formula is C22H30N4O7. The highest BCUT2D eigenvalue weighted by Gasteiger charge is 2.31. The van der Waals surface area contributed by atoms with Crippen LogP contribution in [0.2, 0.25) is 0 Å². The highest BCUT2D eigenvalue weighted by atomic mass is 16.6. The van der Waals surface area contributed by atoms with E-state index in [9.17, 15) is 29.5 Å². The van der Waals surface area contributed by atoms with E-state index in [0.717, 1.165) is 4.90 Å². The van der Waals surface area contributed by atoms with Crippen molar-refractivity contribution in [2.24, 2.45) is 0 Å². The van der Waals surface area contributed by atoms with Crippen molar-refractivity contribution in [3.05, 3.63) is 29.8 Å². The third-order valence-corrected chi connectivity index (χ3v) is 4.05. The highest BCUT2D eigenvalue weighted by molar-refractivity contribution is 5.90. The van der Waals surface area contributed by atoms with Crippen molar-refractivity contribution in [2.75, 3.05) is 26.2 Å². The lowest BCUT2D eigenvalue weighted by atomic mass is 10.0. The number of amides is 3. The number of alkyl carbamates (subject to hydrolysis) is 1. The van der Waals surface area contributed by atoms with Gasteiger partial charge < -0.3 is 30.1 Å². The summed E-state index contributed by atoms with van der Waals surface area (Å²) in [4.78, 5) is 50.2.